The van der Waals surface area contributed by atoms with Crippen LogP contribution in [-0.2, 0) is 28.8 Å². The lowest BCUT2D eigenvalue weighted by molar-refractivity contribution is -0.146. The molecule has 0 radical (unpaired) electrons. The predicted octanol–water partition coefficient (Wildman–Crippen LogP) is -3.37. The van der Waals surface area contributed by atoms with Crippen LogP contribution in [0.25, 0.3) is 0 Å². The summed E-state index contributed by atoms with van der Waals surface area (Å²) in [6.07, 6.45) is 0.813. The van der Waals surface area contributed by atoms with Gasteiger partial charge in [-0.2, -0.15) is 0 Å². The zero-order valence-electron chi connectivity index (χ0n) is 22.1. The molecule has 0 spiro atoms. The van der Waals surface area contributed by atoms with E-state index in [1.165, 1.54) is 4.90 Å². The number of aliphatic carboxylic acids is 5. The van der Waals surface area contributed by atoms with Crippen LogP contribution in [0.3, 0.4) is 0 Å². The van der Waals surface area contributed by atoms with Gasteiger partial charge >= 0.3 is 29.8 Å². The molecule has 0 aromatic rings. The number of hydrogen-bond acceptors (Lipinski definition) is 10. The van der Waals surface area contributed by atoms with E-state index < -0.39 is 68.0 Å². The second-order valence-electron chi connectivity index (χ2n) is 8.79. The Morgan fingerprint density at radius 3 is 1.52 bits per heavy atom. The van der Waals surface area contributed by atoms with Crippen LogP contribution >= 0.6 is 0 Å². The molecule has 0 fully saturated rings. The third-order valence-electron chi connectivity index (χ3n) is 5.41. The van der Waals surface area contributed by atoms with Gasteiger partial charge in [0.2, 0.25) is 5.91 Å². The van der Waals surface area contributed by atoms with E-state index >= 15 is 0 Å². The molecular weight excluding hydrogens is 538 g/mol. The number of unbranched alkanes of at least 4 members (excludes halogenated alkanes) is 1. The maximum Gasteiger partial charge on any atom is 0.320 e. The zero-order valence-corrected chi connectivity index (χ0v) is 22.1. The molecular formula is C22H39N7O11. The van der Waals surface area contributed by atoms with Gasteiger partial charge in [0.15, 0.2) is 5.96 Å². The van der Waals surface area contributed by atoms with Crippen LogP contribution in [-0.4, -0.2) is 153 Å². The first-order valence-electron chi connectivity index (χ1n) is 12.3. The molecule has 0 aromatic carbocycles. The van der Waals surface area contributed by atoms with Crippen LogP contribution in [0.15, 0.2) is 4.99 Å². The summed E-state index contributed by atoms with van der Waals surface area (Å²) in [7, 11) is 0. The highest BCUT2D eigenvalue weighted by atomic mass is 16.4. The molecule has 0 saturated carbocycles. The number of carbonyl (C=O) groups is 6. The second kappa shape index (κ2) is 20.0. The average molecular weight is 578 g/mol. The van der Waals surface area contributed by atoms with Crippen LogP contribution < -0.4 is 16.8 Å². The molecule has 0 unspecified atom stereocenters. The quantitative estimate of drug-likeness (QED) is 0.0315. The maximum atomic E-state index is 12.3. The number of amides is 1. The van der Waals surface area contributed by atoms with Gasteiger partial charge in [-0.3, -0.25) is 48.5 Å². The van der Waals surface area contributed by atoms with Crippen molar-refractivity contribution in [1.82, 2.24) is 20.0 Å². The molecule has 18 nitrogen and oxygen atoms in total. The van der Waals surface area contributed by atoms with Gasteiger partial charge in [-0.1, -0.05) is 0 Å². The van der Waals surface area contributed by atoms with E-state index in [1.807, 2.05) is 0 Å². The van der Waals surface area contributed by atoms with Crippen molar-refractivity contribution in [2.45, 2.75) is 31.7 Å². The molecule has 1 amide bonds. The minimum atomic E-state index is -1.32. The van der Waals surface area contributed by atoms with Crippen molar-refractivity contribution >= 4 is 41.7 Å². The molecule has 0 aliphatic carbocycles. The summed E-state index contributed by atoms with van der Waals surface area (Å²) in [5.41, 5.74) is 10.5. The zero-order chi connectivity index (χ0) is 30.7. The van der Waals surface area contributed by atoms with Crippen molar-refractivity contribution in [3.8, 4) is 0 Å². The topological polar surface area (TPSA) is 290 Å². The number of nitrogens with one attached hydrogen (secondary N) is 1. The SMILES string of the molecule is NC(N)=NCCCCNC(=O)CC[C@@H](C(=O)O)N(CCN(CC(=O)O)CC(=O)O)CCN(CC(=O)O)CC(=O)O. The van der Waals surface area contributed by atoms with Crippen molar-refractivity contribution in [3.05, 3.63) is 0 Å². The Balaban J connectivity index is 5.46. The molecule has 0 aliphatic rings. The van der Waals surface area contributed by atoms with E-state index in [0.29, 0.717) is 25.9 Å². The van der Waals surface area contributed by atoms with Gasteiger partial charge in [0.1, 0.15) is 6.04 Å². The highest BCUT2D eigenvalue weighted by Gasteiger charge is 2.28. The van der Waals surface area contributed by atoms with Crippen molar-refractivity contribution in [2.24, 2.45) is 16.5 Å². The number of guanidine groups is 1. The van der Waals surface area contributed by atoms with Gasteiger partial charge < -0.3 is 42.3 Å². The fourth-order valence-corrected chi connectivity index (χ4v) is 3.65. The first-order valence-corrected chi connectivity index (χ1v) is 12.3. The van der Waals surface area contributed by atoms with Crippen LogP contribution in [0, 0.1) is 0 Å². The number of hydrogen-bond donors (Lipinski definition) is 8. The summed E-state index contributed by atoms with van der Waals surface area (Å²) >= 11 is 0. The molecule has 0 rings (SSSR count). The summed E-state index contributed by atoms with van der Waals surface area (Å²) in [4.78, 5) is 76.2. The lowest BCUT2D eigenvalue weighted by atomic mass is 10.1. The van der Waals surface area contributed by atoms with Gasteiger partial charge in [0.25, 0.3) is 0 Å². The fourth-order valence-electron chi connectivity index (χ4n) is 3.65. The molecule has 0 heterocycles. The second-order valence-corrected chi connectivity index (χ2v) is 8.79. The molecule has 0 saturated heterocycles. The Kier molecular flexibility index (Phi) is 17.9. The van der Waals surface area contributed by atoms with E-state index in [0.717, 1.165) is 9.80 Å². The number of nitrogens with two attached hydrogens (primary N) is 2. The lowest BCUT2D eigenvalue weighted by Gasteiger charge is -2.32. The lowest BCUT2D eigenvalue weighted by Crippen LogP contribution is -2.50. The summed E-state index contributed by atoms with van der Waals surface area (Å²) in [6.45, 7) is -2.50. The van der Waals surface area contributed by atoms with Gasteiger partial charge in [0, 0.05) is 45.7 Å². The highest BCUT2D eigenvalue weighted by molar-refractivity contribution is 5.78. The van der Waals surface area contributed by atoms with Crippen molar-refractivity contribution in [1.29, 1.82) is 0 Å². The molecule has 0 aliphatic heterocycles. The van der Waals surface area contributed by atoms with Gasteiger partial charge in [-0.15, -0.1) is 0 Å². The maximum absolute atomic E-state index is 12.3. The number of carboxylic acids is 5. The molecule has 0 bridgehead atoms. The van der Waals surface area contributed by atoms with E-state index in [4.69, 9.17) is 31.9 Å². The van der Waals surface area contributed by atoms with Gasteiger partial charge in [-0.25, -0.2) is 0 Å². The number of carboxylic acid groups (broad SMARTS) is 5. The number of carbonyl (C=O) groups excluding carboxylic acids is 1. The Hall–Kier alpha value is -4.03. The molecule has 1 atom stereocenters. The first kappa shape index (κ1) is 36.0. The van der Waals surface area contributed by atoms with Gasteiger partial charge in [-0.05, 0) is 19.3 Å². The standard InChI is InChI=1S/C22H39N7O11/c23-22(24)26-6-2-1-5-25-16(30)4-3-15(21(39)40)29(9-7-27(11-17(31)32)12-18(33)34)10-8-28(13-19(35)36)14-20(37)38/h15H,1-14H2,(H,25,30)(H,31,32)(H,33,34)(H,35,36)(H,37,38)(H,39,40)(H4,23,24,26)/t15-/m0/s1. The normalized spacial score (nSPS) is 11.8. The third-order valence-corrected chi connectivity index (χ3v) is 5.41. The Morgan fingerprint density at radius 1 is 0.700 bits per heavy atom. The molecule has 228 valence electrons. The van der Waals surface area contributed by atoms with Crippen molar-refractivity contribution < 1.29 is 54.3 Å². The van der Waals surface area contributed by atoms with Crippen molar-refractivity contribution in [3.63, 3.8) is 0 Å². The van der Waals surface area contributed by atoms with E-state index in [9.17, 15) is 33.9 Å². The van der Waals surface area contributed by atoms with Crippen molar-refractivity contribution in [2.75, 3.05) is 65.4 Å². The summed E-state index contributed by atoms with van der Waals surface area (Å²) in [6, 6.07) is -1.29. The fraction of sp³-hybridized carbons (Fsp3) is 0.682. The summed E-state index contributed by atoms with van der Waals surface area (Å²) < 4.78 is 0. The van der Waals surface area contributed by atoms with E-state index in [2.05, 4.69) is 10.3 Å². The minimum Gasteiger partial charge on any atom is -0.480 e. The number of aliphatic imine (C=N–C) groups is 1. The van der Waals surface area contributed by atoms with E-state index in [-0.39, 0.29) is 45.0 Å². The summed E-state index contributed by atoms with van der Waals surface area (Å²) in [5, 5.41) is 48.8. The highest BCUT2D eigenvalue weighted by Crippen LogP contribution is 2.10. The Labute approximate surface area is 230 Å². The minimum absolute atomic E-state index is 0.0450. The number of nitrogens with zero attached hydrogens (tertiary/aromatic N) is 4. The summed E-state index contributed by atoms with van der Waals surface area (Å²) in [5.74, 6) is -6.99. The monoisotopic (exact) mass is 577 g/mol. The molecule has 10 N–H and O–H groups in total. The smallest absolute Gasteiger partial charge is 0.320 e. The van der Waals surface area contributed by atoms with Crippen LogP contribution in [0.4, 0.5) is 0 Å². The Bertz CT molecular complexity index is 824. The van der Waals surface area contributed by atoms with Gasteiger partial charge in [0.05, 0.1) is 26.2 Å². The number of rotatable bonds is 24. The first-order chi connectivity index (χ1) is 18.7. The van der Waals surface area contributed by atoms with Crippen LogP contribution in [0.1, 0.15) is 25.7 Å². The molecule has 0 aromatic heterocycles. The Morgan fingerprint density at radius 2 is 1.15 bits per heavy atom. The van der Waals surface area contributed by atoms with Crippen LogP contribution in [0.5, 0.6) is 0 Å². The van der Waals surface area contributed by atoms with E-state index in [1.54, 1.807) is 0 Å². The largest absolute Gasteiger partial charge is 0.480 e. The molecule has 40 heavy (non-hydrogen) atoms. The molecule has 18 heteroatoms. The third kappa shape index (κ3) is 19.1. The average Bonchev–Trinajstić information content (AvgIpc) is 2.80. The predicted molar refractivity (Wildman–Crippen MR) is 139 cm³/mol. The van der Waals surface area contributed by atoms with Crippen LogP contribution in [0.2, 0.25) is 0 Å².